The fraction of sp³-hybridized carbons (Fsp3) is 0.417. The zero-order valence-electron chi connectivity index (χ0n) is 10.4. The molecule has 1 aromatic rings. The fourth-order valence-electron chi connectivity index (χ4n) is 2.18. The predicted molar refractivity (Wildman–Crippen MR) is 65.3 cm³/mol. The minimum absolute atomic E-state index is 0.191. The average molecular weight is 287 g/mol. The van der Waals surface area contributed by atoms with Crippen molar-refractivity contribution in [3.63, 3.8) is 0 Å². The number of nitrogens with zero attached hydrogens (tertiary/aromatic N) is 1. The summed E-state index contributed by atoms with van der Waals surface area (Å²) in [4.78, 5) is 11.2. The van der Waals surface area contributed by atoms with Crippen LogP contribution in [0.2, 0.25) is 0 Å². The SMILES string of the molecule is COC(=O)[C@@H]1CCCN1S(=O)(=O)c1ccccc1F. The summed E-state index contributed by atoms with van der Waals surface area (Å²) in [7, 11) is -2.81. The number of esters is 1. The molecule has 0 unspecified atom stereocenters. The van der Waals surface area contributed by atoms with Crippen LogP contribution >= 0.6 is 0 Å². The number of carbonyl (C=O) groups is 1. The predicted octanol–water partition coefficient (Wildman–Crippen LogP) is 1.15. The van der Waals surface area contributed by atoms with Crippen molar-refractivity contribution >= 4 is 16.0 Å². The molecule has 0 spiro atoms. The molecule has 2 rings (SSSR count). The molecule has 0 bridgehead atoms. The maximum Gasteiger partial charge on any atom is 0.324 e. The number of hydrogen-bond donors (Lipinski definition) is 0. The quantitative estimate of drug-likeness (QED) is 0.782. The standard InChI is InChI=1S/C12H14FNO4S/c1-18-12(15)10-6-4-8-14(10)19(16,17)11-7-3-2-5-9(11)13/h2-3,5,7,10H,4,6,8H2,1H3/t10-/m0/s1. The van der Waals surface area contributed by atoms with Crippen molar-refractivity contribution in [3.8, 4) is 0 Å². The van der Waals surface area contributed by atoms with E-state index in [1.807, 2.05) is 0 Å². The maximum atomic E-state index is 13.6. The Hall–Kier alpha value is -1.47. The van der Waals surface area contributed by atoms with Gasteiger partial charge in [-0.25, -0.2) is 12.8 Å². The van der Waals surface area contributed by atoms with Gasteiger partial charge in [0.15, 0.2) is 0 Å². The van der Waals surface area contributed by atoms with Gasteiger partial charge < -0.3 is 4.74 Å². The Balaban J connectivity index is 2.40. The first-order valence-corrected chi connectivity index (χ1v) is 7.26. The molecule has 7 heteroatoms. The second-order valence-corrected chi connectivity index (χ2v) is 6.09. The highest BCUT2D eigenvalue weighted by atomic mass is 32.2. The number of sulfonamides is 1. The highest BCUT2D eigenvalue weighted by Gasteiger charge is 2.40. The normalized spacial score (nSPS) is 20.4. The van der Waals surface area contributed by atoms with Gasteiger partial charge in [0.1, 0.15) is 16.8 Å². The van der Waals surface area contributed by atoms with Crippen LogP contribution in [0.4, 0.5) is 4.39 Å². The zero-order chi connectivity index (χ0) is 14.0. The molecule has 1 aliphatic heterocycles. The van der Waals surface area contributed by atoms with Crippen LogP contribution in [-0.4, -0.2) is 38.4 Å². The summed E-state index contributed by atoms with van der Waals surface area (Å²) >= 11 is 0. The molecule has 1 aromatic carbocycles. The number of rotatable bonds is 3. The van der Waals surface area contributed by atoms with E-state index < -0.39 is 32.7 Å². The van der Waals surface area contributed by atoms with Crippen molar-refractivity contribution in [2.45, 2.75) is 23.8 Å². The van der Waals surface area contributed by atoms with Crippen molar-refractivity contribution < 1.29 is 22.3 Å². The van der Waals surface area contributed by atoms with Gasteiger partial charge in [0, 0.05) is 6.54 Å². The maximum absolute atomic E-state index is 13.6. The van der Waals surface area contributed by atoms with Crippen LogP contribution in [0.3, 0.4) is 0 Å². The second-order valence-electron chi connectivity index (χ2n) is 4.23. The molecule has 1 atom stereocenters. The lowest BCUT2D eigenvalue weighted by atomic mass is 10.2. The summed E-state index contributed by atoms with van der Waals surface area (Å²) in [6.45, 7) is 0.191. The minimum atomic E-state index is -4.02. The van der Waals surface area contributed by atoms with Gasteiger partial charge in [-0.3, -0.25) is 4.79 Å². The van der Waals surface area contributed by atoms with Crippen LogP contribution in [-0.2, 0) is 19.6 Å². The van der Waals surface area contributed by atoms with Crippen molar-refractivity contribution in [1.29, 1.82) is 0 Å². The second kappa shape index (κ2) is 5.26. The van der Waals surface area contributed by atoms with E-state index in [2.05, 4.69) is 4.74 Å². The van der Waals surface area contributed by atoms with E-state index >= 15 is 0 Å². The van der Waals surface area contributed by atoms with Crippen LogP contribution < -0.4 is 0 Å². The number of hydrogen-bond acceptors (Lipinski definition) is 4. The Labute approximate surface area is 111 Å². The summed E-state index contributed by atoms with van der Waals surface area (Å²) < 4.78 is 44.0. The number of methoxy groups -OCH3 is 1. The number of carbonyl (C=O) groups excluding carboxylic acids is 1. The van der Waals surface area contributed by atoms with E-state index in [1.165, 1.54) is 25.3 Å². The van der Waals surface area contributed by atoms with Crippen molar-refractivity contribution in [2.75, 3.05) is 13.7 Å². The van der Waals surface area contributed by atoms with Gasteiger partial charge in [-0.2, -0.15) is 4.31 Å². The van der Waals surface area contributed by atoms with E-state index in [9.17, 15) is 17.6 Å². The van der Waals surface area contributed by atoms with Gasteiger partial charge in [-0.05, 0) is 25.0 Å². The third kappa shape index (κ3) is 2.48. The molecule has 0 aromatic heterocycles. The smallest absolute Gasteiger partial charge is 0.324 e. The lowest BCUT2D eigenvalue weighted by molar-refractivity contribution is -0.144. The van der Waals surface area contributed by atoms with E-state index in [0.29, 0.717) is 12.8 Å². The van der Waals surface area contributed by atoms with Crippen molar-refractivity contribution in [3.05, 3.63) is 30.1 Å². The largest absolute Gasteiger partial charge is 0.468 e. The van der Waals surface area contributed by atoms with Crippen LogP contribution in [0.1, 0.15) is 12.8 Å². The molecular weight excluding hydrogens is 273 g/mol. The van der Waals surface area contributed by atoms with Crippen molar-refractivity contribution in [1.82, 2.24) is 4.31 Å². The highest BCUT2D eigenvalue weighted by molar-refractivity contribution is 7.89. The van der Waals surface area contributed by atoms with Crippen LogP contribution in [0, 0.1) is 5.82 Å². The molecule has 5 nitrogen and oxygen atoms in total. The summed E-state index contributed by atoms with van der Waals surface area (Å²) in [5.74, 6) is -1.43. The topological polar surface area (TPSA) is 63.7 Å². The molecule has 1 saturated heterocycles. The van der Waals surface area contributed by atoms with Gasteiger partial charge in [-0.1, -0.05) is 12.1 Å². The molecule has 0 radical (unpaired) electrons. The number of halogens is 1. The van der Waals surface area contributed by atoms with Gasteiger partial charge in [0.25, 0.3) is 0 Å². The summed E-state index contributed by atoms with van der Waals surface area (Å²) in [6.07, 6.45) is 0.938. The van der Waals surface area contributed by atoms with Crippen molar-refractivity contribution in [2.24, 2.45) is 0 Å². The molecule has 1 heterocycles. The lowest BCUT2D eigenvalue weighted by Gasteiger charge is -2.22. The average Bonchev–Trinajstić information content (AvgIpc) is 2.88. The monoisotopic (exact) mass is 287 g/mol. The first-order valence-electron chi connectivity index (χ1n) is 5.82. The van der Waals surface area contributed by atoms with E-state index in [1.54, 1.807) is 0 Å². The third-order valence-electron chi connectivity index (χ3n) is 3.10. The lowest BCUT2D eigenvalue weighted by Crippen LogP contribution is -2.41. The minimum Gasteiger partial charge on any atom is -0.468 e. The summed E-state index contributed by atoms with van der Waals surface area (Å²) in [5, 5.41) is 0. The molecule has 0 saturated carbocycles. The molecule has 1 aliphatic rings. The Morgan fingerprint density at radius 1 is 1.42 bits per heavy atom. The number of benzene rings is 1. The zero-order valence-corrected chi connectivity index (χ0v) is 11.2. The molecule has 1 fully saturated rings. The molecule has 104 valence electrons. The third-order valence-corrected chi connectivity index (χ3v) is 5.04. The Kier molecular flexibility index (Phi) is 3.86. The molecular formula is C12H14FNO4S. The molecule has 0 amide bonds. The van der Waals surface area contributed by atoms with Crippen LogP contribution in [0.25, 0.3) is 0 Å². The van der Waals surface area contributed by atoms with Gasteiger partial charge >= 0.3 is 5.97 Å². The molecule has 0 N–H and O–H groups in total. The van der Waals surface area contributed by atoms with E-state index in [4.69, 9.17) is 0 Å². The van der Waals surface area contributed by atoms with Crippen LogP contribution in [0.15, 0.2) is 29.2 Å². The molecule has 19 heavy (non-hydrogen) atoms. The molecule has 0 aliphatic carbocycles. The number of ether oxygens (including phenoxy) is 1. The fourth-order valence-corrected chi connectivity index (χ4v) is 3.89. The highest BCUT2D eigenvalue weighted by Crippen LogP contribution is 2.27. The Morgan fingerprint density at radius 3 is 2.74 bits per heavy atom. The summed E-state index contributed by atoms with van der Waals surface area (Å²) in [6, 6.07) is 4.26. The first kappa shape index (κ1) is 14.0. The Morgan fingerprint density at radius 2 is 2.11 bits per heavy atom. The van der Waals surface area contributed by atoms with Gasteiger partial charge in [0.2, 0.25) is 10.0 Å². The van der Waals surface area contributed by atoms with Gasteiger partial charge in [0.05, 0.1) is 7.11 Å². The Bertz CT molecular complexity index is 587. The van der Waals surface area contributed by atoms with Crippen LogP contribution in [0.5, 0.6) is 0 Å². The first-order chi connectivity index (χ1) is 8.98. The van der Waals surface area contributed by atoms with E-state index in [-0.39, 0.29) is 6.54 Å². The van der Waals surface area contributed by atoms with Gasteiger partial charge in [-0.15, -0.1) is 0 Å². The van der Waals surface area contributed by atoms with E-state index in [0.717, 1.165) is 10.4 Å². The summed E-state index contributed by atoms with van der Waals surface area (Å²) in [5.41, 5.74) is 0.